The first-order valence-electron chi connectivity index (χ1n) is 20.0. The van der Waals surface area contributed by atoms with Gasteiger partial charge in [-0.2, -0.15) is 0 Å². The fraction of sp³-hybridized carbons (Fsp3) is 0.0556. The average molecular weight is 774 g/mol. The maximum Gasteiger partial charge on any atom is 0.164 e. The van der Waals surface area contributed by atoms with Gasteiger partial charge in [0.05, 0.1) is 0 Å². The Kier molecular flexibility index (Phi) is 7.41. The molecule has 0 saturated heterocycles. The van der Waals surface area contributed by atoms with E-state index in [1.807, 2.05) is 30.3 Å². The Balaban J connectivity index is 1.01. The van der Waals surface area contributed by atoms with Gasteiger partial charge >= 0.3 is 0 Å². The average Bonchev–Trinajstić information content (AvgIpc) is 3.93. The SMILES string of the molecule is CC1(C)c2ccccc2-c2c(-c3cccc(-c4ccc5oc6cccc(-c7nc(-c8ccccc8)nc(-c8ccc9sc%10ccccc%10c9c8)n7)c6c5c4)c3)cccc21. The number of furan rings is 1. The van der Waals surface area contributed by atoms with Gasteiger partial charge in [-0.1, -0.05) is 141 Å². The van der Waals surface area contributed by atoms with Crippen molar-refractivity contribution in [2.24, 2.45) is 0 Å². The monoisotopic (exact) mass is 773 g/mol. The molecule has 59 heavy (non-hydrogen) atoms. The molecule has 3 heterocycles. The maximum atomic E-state index is 6.54. The molecular weight excluding hydrogens is 739 g/mol. The molecule has 0 unspecified atom stereocenters. The lowest BCUT2D eigenvalue weighted by atomic mass is 9.82. The van der Waals surface area contributed by atoms with Crippen LogP contribution in [0.3, 0.4) is 0 Å². The van der Waals surface area contributed by atoms with Crippen molar-refractivity contribution in [2.45, 2.75) is 19.3 Å². The molecule has 1 aliphatic rings. The third-order valence-electron chi connectivity index (χ3n) is 12.2. The van der Waals surface area contributed by atoms with Crippen molar-refractivity contribution in [3.8, 4) is 67.5 Å². The van der Waals surface area contributed by atoms with Crippen LogP contribution in [-0.4, -0.2) is 15.0 Å². The first-order chi connectivity index (χ1) is 29.0. The van der Waals surface area contributed by atoms with Gasteiger partial charge in [-0.25, -0.2) is 15.0 Å². The minimum absolute atomic E-state index is 0.0573. The molecule has 278 valence electrons. The third-order valence-corrected chi connectivity index (χ3v) is 13.3. The third kappa shape index (κ3) is 5.32. The number of nitrogens with zero attached hydrogens (tertiary/aromatic N) is 3. The molecule has 12 rings (SSSR count). The number of hydrogen-bond acceptors (Lipinski definition) is 5. The van der Waals surface area contributed by atoms with E-state index >= 15 is 0 Å². The summed E-state index contributed by atoms with van der Waals surface area (Å²) < 4.78 is 9.05. The lowest BCUT2D eigenvalue weighted by molar-refractivity contribution is 0.660. The summed E-state index contributed by atoms with van der Waals surface area (Å²) in [6.45, 7) is 4.67. The van der Waals surface area contributed by atoms with Crippen LogP contribution in [0.2, 0.25) is 0 Å². The van der Waals surface area contributed by atoms with Gasteiger partial charge < -0.3 is 4.42 Å². The van der Waals surface area contributed by atoms with Crippen molar-refractivity contribution < 1.29 is 4.42 Å². The van der Waals surface area contributed by atoms with E-state index in [0.717, 1.165) is 49.8 Å². The van der Waals surface area contributed by atoms with Gasteiger partial charge in [-0.15, -0.1) is 11.3 Å². The predicted octanol–water partition coefficient (Wildman–Crippen LogP) is 14.8. The van der Waals surface area contributed by atoms with Gasteiger partial charge in [0.2, 0.25) is 0 Å². The first-order valence-corrected chi connectivity index (χ1v) is 20.8. The van der Waals surface area contributed by atoms with Gasteiger partial charge in [-0.05, 0) is 93.0 Å². The summed E-state index contributed by atoms with van der Waals surface area (Å²) in [7, 11) is 0. The molecule has 0 atom stereocenters. The molecule has 5 heteroatoms. The van der Waals surface area contributed by atoms with Crippen LogP contribution in [0.5, 0.6) is 0 Å². The second-order valence-electron chi connectivity index (χ2n) is 16.0. The second kappa shape index (κ2) is 12.9. The molecule has 4 nitrogen and oxygen atoms in total. The van der Waals surface area contributed by atoms with Crippen LogP contribution in [0.15, 0.2) is 180 Å². The fourth-order valence-corrected chi connectivity index (χ4v) is 10.3. The molecule has 0 radical (unpaired) electrons. The van der Waals surface area contributed by atoms with Crippen LogP contribution in [0.4, 0.5) is 0 Å². The van der Waals surface area contributed by atoms with Crippen molar-refractivity contribution in [3.05, 3.63) is 187 Å². The Morgan fingerprint density at radius 3 is 1.95 bits per heavy atom. The van der Waals surface area contributed by atoms with Crippen molar-refractivity contribution in [2.75, 3.05) is 0 Å². The Labute approximate surface area is 345 Å². The zero-order valence-corrected chi connectivity index (χ0v) is 33.2. The summed E-state index contributed by atoms with van der Waals surface area (Å²) in [6, 6.07) is 62.5. The first kappa shape index (κ1) is 33.9. The summed E-state index contributed by atoms with van der Waals surface area (Å²) in [5, 5.41) is 4.45. The van der Waals surface area contributed by atoms with Crippen LogP contribution in [-0.2, 0) is 5.41 Å². The molecule has 8 aromatic carbocycles. The Bertz CT molecular complexity index is 3490. The molecule has 0 saturated carbocycles. The van der Waals surface area contributed by atoms with Gasteiger partial charge in [0.25, 0.3) is 0 Å². The number of thiophene rings is 1. The molecule has 1 aliphatic carbocycles. The molecule has 0 N–H and O–H groups in total. The standard InChI is InChI=1S/C54H35N3OS/c1-54(2)43-21-8-6-18-39(43)49-37(19-11-22-44(49)54)35-16-10-15-33(29-35)34-25-27-45-42(30-34)50-40(20-12-23-46(50)58-45)53-56-51(32-13-4-3-5-14-32)55-52(57-53)36-26-28-48-41(31-36)38-17-7-9-24-47(38)59-48/h3-31H,1-2H3. The Morgan fingerprint density at radius 2 is 1.03 bits per heavy atom. The van der Waals surface area contributed by atoms with E-state index in [2.05, 4.69) is 159 Å². The predicted molar refractivity (Wildman–Crippen MR) is 245 cm³/mol. The maximum absolute atomic E-state index is 6.54. The van der Waals surface area contributed by atoms with Crippen LogP contribution < -0.4 is 0 Å². The van der Waals surface area contributed by atoms with Gasteiger partial charge in [0.1, 0.15) is 11.2 Å². The normalized spacial score (nSPS) is 13.1. The molecule has 0 spiro atoms. The van der Waals surface area contributed by atoms with Gasteiger partial charge in [0.15, 0.2) is 17.5 Å². The van der Waals surface area contributed by atoms with Crippen LogP contribution in [0.25, 0.3) is 110 Å². The molecule has 0 aliphatic heterocycles. The second-order valence-corrected chi connectivity index (χ2v) is 17.0. The number of aromatic nitrogens is 3. The lowest BCUT2D eigenvalue weighted by Crippen LogP contribution is -2.14. The highest BCUT2D eigenvalue weighted by atomic mass is 32.1. The van der Waals surface area contributed by atoms with E-state index in [4.69, 9.17) is 19.4 Å². The number of hydrogen-bond donors (Lipinski definition) is 0. The van der Waals surface area contributed by atoms with Crippen molar-refractivity contribution in [1.82, 2.24) is 15.0 Å². The van der Waals surface area contributed by atoms with Crippen LogP contribution in [0.1, 0.15) is 25.0 Å². The van der Waals surface area contributed by atoms with E-state index in [9.17, 15) is 0 Å². The largest absolute Gasteiger partial charge is 0.456 e. The van der Waals surface area contributed by atoms with Crippen LogP contribution >= 0.6 is 11.3 Å². The Morgan fingerprint density at radius 1 is 0.407 bits per heavy atom. The highest BCUT2D eigenvalue weighted by molar-refractivity contribution is 7.25. The number of rotatable bonds is 5. The summed E-state index contributed by atoms with van der Waals surface area (Å²) >= 11 is 1.81. The van der Waals surface area contributed by atoms with E-state index in [-0.39, 0.29) is 5.41 Å². The van der Waals surface area contributed by atoms with Crippen LogP contribution in [0, 0.1) is 0 Å². The van der Waals surface area contributed by atoms with Gasteiger partial charge in [0, 0.05) is 53.1 Å². The van der Waals surface area contributed by atoms with Gasteiger partial charge in [-0.3, -0.25) is 0 Å². The van der Waals surface area contributed by atoms with E-state index in [0.29, 0.717) is 17.5 Å². The molecule has 0 amide bonds. The summed E-state index contributed by atoms with van der Waals surface area (Å²) in [6.07, 6.45) is 0. The van der Waals surface area contributed by atoms with Crippen molar-refractivity contribution >= 4 is 53.4 Å². The van der Waals surface area contributed by atoms with Crippen molar-refractivity contribution in [1.29, 1.82) is 0 Å². The van der Waals surface area contributed by atoms with Crippen molar-refractivity contribution in [3.63, 3.8) is 0 Å². The zero-order valence-electron chi connectivity index (χ0n) is 32.4. The minimum atomic E-state index is -0.0573. The zero-order chi connectivity index (χ0) is 39.2. The molecule has 11 aromatic rings. The van der Waals surface area contributed by atoms with E-state index in [1.165, 1.54) is 53.6 Å². The molecule has 0 bridgehead atoms. The fourth-order valence-electron chi connectivity index (χ4n) is 9.26. The van der Waals surface area contributed by atoms with E-state index in [1.54, 1.807) is 11.3 Å². The minimum Gasteiger partial charge on any atom is -0.456 e. The highest BCUT2D eigenvalue weighted by Crippen LogP contribution is 2.52. The summed E-state index contributed by atoms with van der Waals surface area (Å²) in [4.78, 5) is 15.5. The summed E-state index contributed by atoms with van der Waals surface area (Å²) in [5.41, 5.74) is 14.5. The molecule has 0 fully saturated rings. The molecule has 3 aromatic heterocycles. The smallest absolute Gasteiger partial charge is 0.164 e. The quantitative estimate of drug-likeness (QED) is 0.175. The highest BCUT2D eigenvalue weighted by Gasteiger charge is 2.36. The molecular formula is C54H35N3OS. The van der Waals surface area contributed by atoms with E-state index < -0.39 is 0 Å². The number of benzene rings is 8. The number of fused-ring (bicyclic) bond motifs is 9. The lowest BCUT2D eigenvalue weighted by Gasteiger charge is -2.21. The topological polar surface area (TPSA) is 51.8 Å². The Hall–Kier alpha value is -7.21. The summed E-state index contributed by atoms with van der Waals surface area (Å²) in [5.74, 6) is 1.86.